The van der Waals surface area contributed by atoms with E-state index in [9.17, 15) is 4.79 Å². The fraction of sp³-hybridized carbons (Fsp3) is 0.944. The molecule has 0 aliphatic carbocycles. The number of carboxylic acids is 1. The first-order valence-corrected chi connectivity index (χ1v) is 10.3. The maximum Gasteiger partial charge on any atom is 0.303 e. The number of rotatable bonds is 18. The van der Waals surface area contributed by atoms with E-state index in [0.717, 1.165) is 29.9 Å². The smallest absolute Gasteiger partial charge is 0.303 e. The van der Waals surface area contributed by atoms with E-state index in [0.29, 0.717) is 6.42 Å². The Bertz CT molecular complexity index is 234. The van der Waals surface area contributed by atoms with Crippen molar-refractivity contribution in [3.05, 3.63) is 0 Å². The number of carbonyl (C=O) groups is 1. The lowest BCUT2D eigenvalue weighted by atomic mass is 10.0. The lowest BCUT2D eigenvalue weighted by Crippen LogP contribution is -1.93. The number of hydrogen-bond acceptors (Lipinski definition) is 2. The Labute approximate surface area is 140 Å². The zero-order valence-corrected chi connectivity index (χ0v) is 16.8. The molecule has 0 amide bonds. The predicted octanol–water partition coefficient (Wildman–Crippen LogP) is 4.61. The Morgan fingerprint density at radius 2 is 0.955 bits per heavy atom. The van der Waals surface area contributed by atoms with E-state index in [1.807, 2.05) is 0 Å². The minimum absolute atomic E-state index is 0.341. The molecule has 0 unspecified atom stereocenters. The second kappa shape index (κ2) is 18.7. The second-order valence-corrected chi connectivity index (χ2v) is 7.02. The van der Waals surface area contributed by atoms with Crippen molar-refractivity contribution in [3.63, 3.8) is 0 Å². The molecule has 0 saturated carbocycles. The molecule has 0 saturated heterocycles. The average molecular weight is 331 g/mol. The third-order valence-corrected chi connectivity index (χ3v) is 4.65. The predicted molar refractivity (Wildman–Crippen MR) is 97.4 cm³/mol. The van der Waals surface area contributed by atoms with E-state index in [2.05, 4.69) is 0 Å². The third kappa shape index (κ3) is 19.6. The van der Waals surface area contributed by atoms with Crippen LogP contribution >= 0.6 is 0 Å². The Hall–Kier alpha value is -0.353. The summed E-state index contributed by atoms with van der Waals surface area (Å²) in [6.07, 6.45) is 19.8. The standard InChI is InChI=1S/C18H38O3Si/c19-18(20)16-14-12-10-8-6-4-2-1-3-5-7-9-11-13-15-17-21-22/h1-17H2,22H3,(H,19,20). The molecule has 132 valence electrons. The van der Waals surface area contributed by atoms with Gasteiger partial charge in [-0.25, -0.2) is 0 Å². The van der Waals surface area contributed by atoms with Crippen LogP contribution in [0.25, 0.3) is 0 Å². The van der Waals surface area contributed by atoms with Gasteiger partial charge in [0.15, 0.2) is 0 Å². The molecule has 3 nitrogen and oxygen atoms in total. The van der Waals surface area contributed by atoms with Crippen molar-refractivity contribution in [1.29, 1.82) is 0 Å². The Morgan fingerprint density at radius 1 is 0.636 bits per heavy atom. The monoisotopic (exact) mass is 330 g/mol. The van der Waals surface area contributed by atoms with E-state index in [4.69, 9.17) is 9.53 Å². The highest BCUT2D eigenvalue weighted by molar-refractivity contribution is 5.97. The molecule has 0 rings (SSSR count). The summed E-state index contributed by atoms with van der Waals surface area (Å²) in [5.41, 5.74) is 0. The van der Waals surface area contributed by atoms with Crippen LogP contribution in [0.1, 0.15) is 103 Å². The van der Waals surface area contributed by atoms with Gasteiger partial charge in [-0.15, -0.1) is 0 Å². The van der Waals surface area contributed by atoms with Crippen LogP contribution in [-0.4, -0.2) is 28.2 Å². The van der Waals surface area contributed by atoms with E-state index < -0.39 is 5.97 Å². The van der Waals surface area contributed by atoms with Crippen molar-refractivity contribution < 1.29 is 14.3 Å². The molecular formula is C18H38O3Si. The van der Waals surface area contributed by atoms with Gasteiger partial charge in [-0.3, -0.25) is 4.79 Å². The SMILES string of the molecule is O=C(O)CCCCCCCCCCCCCCCCCO[SiH3]. The summed E-state index contributed by atoms with van der Waals surface area (Å²) >= 11 is 0. The van der Waals surface area contributed by atoms with Crippen LogP contribution in [0.3, 0.4) is 0 Å². The highest BCUT2D eigenvalue weighted by Crippen LogP contribution is 2.13. The van der Waals surface area contributed by atoms with Crippen molar-refractivity contribution in [2.45, 2.75) is 103 Å². The summed E-state index contributed by atoms with van der Waals surface area (Å²) < 4.78 is 5.19. The van der Waals surface area contributed by atoms with Gasteiger partial charge in [-0.2, -0.15) is 0 Å². The molecular weight excluding hydrogens is 292 g/mol. The number of aliphatic carboxylic acids is 1. The van der Waals surface area contributed by atoms with E-state index in [1.54, 1.807) is 0 Å². The molecule has 0 aromatic heterocycles. The molecule has 0 aromatic carbocycles. The average Bonchev–Trinajstić information content (AvgIpc) is 2.50. The minimum atomic E-state index is -0.656. The molecule has 0 aliphatic rings. The van der Waals surface area contributed by atoms with Gasteiger partial charge in [-0.05, 0) is 12.8 Å². The lowest BCUT2D eigenvalue weighted by Gasteiger charge is -2.03. The van der Waals surface area contributed by atoms with Crippen molar-refractivity contribution in [1.82, 2.24) is 0 Å². The summed E-state index contributed by atoms with van der Waals surface area (Å²) in [6, 6.07) is 0. The van der Waals surface area contributed by atoms with Gasteiger partial charge >= 0.3 is 5.97 Å². The Morgan fingerprint density at radius 3 is 1.27 bits per heavy atom. The first kappa shape index (κ1) is 21.6. The van der Waals surface area contributed by atoms with Crippen LogP contribution < -0.4 is 0 Å². The summed E-state index contributed by atoms with van der Waals surface area (Å²) in [4.78, 5) is 10.4. The molecule has 4 heteroatoms. The van der Waals surface area contributed by atoms with Crippen molar-refractivity contribution >= 4 is 16.5 Å². The molecule has 0 bridgehead atoms. The van der Waals surface area contributed by atoms with Gasteiger partial charge in [0.1, 0.15) is 10.5 Å². The molecule has 0 aliphatic heterocycles. The van der Waals surface area contributed by atoms with Crippen molar-refractivity contribution in [2.75, 3.05) is 6.61 Å². The Kier molecular flexibility index (Phi) is 18.4. The van der Waals surface area contributed by atoms with Crippen LogP contribution in [0.15, 0.2) is 0 Å². The zero-order chi connectivity index (χ0) is 16.3. The van der Waals surface area contributed by atoms with Crippen LogP contribution in [0.5, 0.6) is 0 Å². The fourth-order valence-electron chi connectivity index (χ4n) is 2.82. The first-order chi connectivity index (χ1) is 10.8. The molecule has 0 spiro atoms. The van der Waals surface area contributed by atoms with Gasteiger partial charge in [-0.1, -0.05) is 83.5 Å². The highest BCUT2D eigenvalue weighted by atomic mass is 28.2. The maximum absolute atomic E-state index is 10.4. The minimum Gasteiger partial charge on any atom is -0.481 e. The summed E-state index contributed by atoms with van der Waals surface area (Å²) in [5.74, 6) is -0.656. The zero-order valence-electron chi connectivity index (χ0n) is 14.8. The molecule has 0 heterocycles. The molecule has 1 N–H and O–H groups in total. The van der Waals surface area contributed by atoms with Gasteiger partial charge in [0, 0.05) is 13.0 Å². The number of hydrogen-bond donors (Lipinski definition) is 1. The maximum atomic E-state index is 10.4. The Balaban J connectivity index is 2.95. The lowest BCUT2D eigenvalue weighted by molar-refractivity contribution is -0.137. The summed E-state index contributed by atoms with van der Waals surface area (Å²) in [7, 11) is 0.888. The topological polar surface area (TPSA) is 46.5 Å². The van der Waals surface area contributed by atoms with Crippen molar-refractivity contribution in [2.24, 2.45) is 0 Å². The van der Waals surface area contributed by atoms with Gasteiger partial charge in [0.2, 0.25) is 0 Å². The largest absolute Gasteiger partial charge is 0.481 e. The number of unbranched alkanes of at least 4 members (excludes halogenated alkanes) is 14. The van der Waals surface area contributed by atoms with Gasteiger partial charge in [0.25, 0.3) is 0 Å². The van der Waals surface area contributed by atoms with Crippen LogP contribution in [0, 0.1) is 0 Å². The normalized spacial score (nSPS) is 11.1. The summed E-state index contributed by atoms with van der Waals surface area (Å²) in [5, 5.41) is 8.54. The second-order valence-electron chi connectivity index (χ2n) is 6.44. The van der Waals surface area contributed by atoms with Crippen LogP contribution in [-0.2, 0) is 9.22 Å². The number of carboxylic acid groups (broad SMARTS) is 1. The van der Waals surface area contributed by atoms with E-state index in [1.165, 1.54) is 83.5 Å². The van der Waals surface area contributed by atoms with Crippen LogP contribution in [0.4, 0.5) is 0 Å². The van der Waals surface area contributed by atoms with E-state index in [-0.39, 0.29) is 0 Å². The van der Waals surface area contributed by atoms with Gasteiger partial charge < -0.3 is 9.53 Å². The molecule has 22 heavy (non-hydrogen) atoms. The molecule has 0 atom stereocenters. The first-order valence-electron chi connectivity index (χ1n) is 9.48. The molecule has 0 radical (unpaired) electrons. The van der Waals surface area contributed by atoms with E-state index >= 15 is 0 Å². The highest BCUT2D eigenvalue weighted by Gasteiger charge is 1.97. The van der Waals surface area contributed by atoms with Crippen molar-refractivity contribution in [3.8, 4) is 0 Å². The quantitative estimate of drug-likeness (QED) is 0.295. The van der Waals surface area contributed by atoms with Crippen LogP contribution in [0.2, 0.25) is 0 Å². The third-order valence-electron chi connectivity index (χ3n) is 4.24. The molecule has 0 aromatic rings. The molecule has 0 fully saturated rings. The fourth-order valence-corrected chi connectivity index (χ4v) is 3.11. The van der Waals surface area contributed by atoms with Gasteiger partial charge in [0.05, 0.1) is 0 Å². The summed E-state index contributed by atoms with van der Waals surface area (Å²) in [6.45, 7) is 0.978.